The number of aliphatic carboxylic acids is 1. The summed E-state index contributed by atoms with van der Waals surface area (Å²) in [6.45, 7) is 2.09. The number of carboxylic acids is 1. The number of thiophene rings is 2. The third kappa shape index (κ3) is 8.59. The SMILES string of the molecule is CN(CCCn1c(=O)[nH]c2cc(CNC[C@H](O)c3ccc(O)c4[nH]c(=O)ccc34)ccc21)C1CCC(OC(C(=O)O)(c2cccs2)c2cccs2)CC1.F.F. The van der Waals surface area contributed by atoms with E-state index >= 15 is 0 Å². The van der Waals surface area contributed by atoms with Gasteiger partial charge in [-0.05, 0) is 104 Å². The van der Waals surface area contributed by atoms with Gasteiger partial charge in [-0.25, -0.2) is 9.59 Å². The van der Waals surface area contributed by atoms with E-state index in [1.165, 1.54) is 34.8 Å². The molecule has 16 heteroatoms. The smallest absolute Gasteiger partial charge is 0.347 e. The van der Waals surface area contributed by atoms with Crippen molar-refractivity contribution >= 4 is 50.6 Å². The number of aliphatic hydroxyl groups is 1. The van der Waals surface area contributed by atoms with Crippen molar-refractivity contribution in [2.75, 3.05) is 20.1 Å². The number of rotatable bonds is 15. The second-order valence-corrected chi connectivity index (χ2v) is 15.6. The van der Waals surface area contributed by atoms with E-state index in [4.69, 9.17) is 4.74 Å². The first kappa shape index (κ1) is 41.5. The van der Waals surface area contributed by atoms with Crippen molar-refractivity contribution in [1.29, 1.82) is 0 Å². The molecule has 6 N–H and O–H groups in total. The van der Waals surface area contributed by atoms with Crippen LogP contribution in [0, 0.1) is 0 Å². The zero-order chi connectivity index (χ0) is 37.1. The minimum Gasteiger partial charge on any atom is -0.506 e. The van der Waals surface area contributed by atoms with Crippen molar-refractivity contribution in [2.24, 2.45) is 0 Å². The van der Waals surface area contributed by atoms with Gasteiger partial charge in [-0.2, -0.15) is 0 Å². The molecule has 4 aromatic heterocycles. The number of H-pyrrole nitrogens is 2. The second kappa shape index (κ2) is 17.8. The van der Waals surface area contributed by atoms with Crippen molar-refractivity contribution in [3.63, 3.8) is 0 Å². The molecule has 0 aliphatic heterocycles. The molecule has 1 saturated carbocycles. The fraction of sp³-hybridized carbons (Fsp3) is 0.359. The van der Waals surface area contributed by atoms with Crippen LogP contribution < -0.4 is 16.6 Å². The molecule has 2 aromatic carbocycles. The van der Waals surface area contributed by atoms with E-state index in [9.17, 15) is 29.7 Å². The van der Waals surface area contributed by atoms with Gasteiger partial charge in [-0.1, -0.05) is 24.3 Å². The number of carbonyl (C=O) groups is 1. The summed E-state index contributed by atoms with van der Waals surface area (Å²) >= 11 is 2.81. The Morgan fingerprint density at radius 1 is 1.00 bits per heavy atom. The zero-order valence-corrected chi connectivity index (χ0v) is 31.7. The number of ether oxygens (including phenoxy) is 1. The molecule has 12 nitrogen and oxygen atoms in total. The number of phenols is 1. The summed E-state index contributed by atoms with van der Waals surface area (Å²) in [6.07, 6.45) is 3.10. The van der Waals surface area contributed by atoms with Crippen molar-refractivity contribution < 1.29 is 34.3 Å². The van der Waals surface area contributed by atoms with E-state index in [1.807, 2.05) is 53.2 Å². The summed E-state index contributed by atoms with van der Waals surface area (Å²) in [7, 11) is 2.11. The van der Waals surface area contributed by atoms with Crippen molar-refractivity contribution in [3.05, 3.63) is 119 Å². The molecule has 1 atom stereocenters. The number of hydrogen-bond acceptors (Lipinski definition) is 10. The number of aliphatic hydroxyl groups excluding tert-OH is 1. The fourth-order valence-electron chi connectivity index (χ4n) is 7.53. The van der Waals surface area contributed by atoms with Crippen LogP contribution in [-0.4, -0.2) is 73.0 Å². The highest BCUT2D eigenvalue weighted by atomic mass is 32.1. The second-order valence-electron chi connectivity index (χ2n) is 13.7. The van der Waals surface area contributed by atoms with Crippen LogP contribution in [0.25, 0.3) is 21.9 Å². The third-order valence-electron chi connectivity index (χ3n) is 10.3. The zero-order valence-electron chi connectivity index (χ0n) is 30.1. The predicted molar refractivity (Wildman–Crippen MR) is 212 cm³/mol. The number of nitrogens with one attached hydrogen (secondary N) is 3. The minimum atomic E-state index is -1.49. The Hall–Kier alpha value is -4.71. The molecule has 1 fully saturated rings. The molecule has 0 spiro atoms. The standard InChI is InChI=1S/C39H43N5O7S2.2FH/c1-43(25-8-10-26(11-9-25)51-39(37(48)49,33-5-2-19-52-33)34-6-3-20-53-34)17-4-18-44-30-14-7-24(21-29(30)41-38(44)50)22-40-23-32(46)27-12-15-31(45)36-28(27)13-16-35(47)42-36;;/h2-3,5-7,12-16,19-21,25-26,32,40,45-46H,4,8-11,17-18,22-23H2,1H3,(H,41,50)(H,42,47)(H,48,49);2*1H/t25?,26?,32-;;/m0../s1. The first-order chi connectivity index (χ1) is 25.6. The number of aromatic nitrogens is 3. The first-order valence-corrected chi connectivity index (χ1v) is 19.5. The Labute approximate surface area is 322 Å². The van der Waals surface area contributed by atoms with Crippen molar-refractivity contribution in [2.45, 2.75) is 69.0 Å². The summed E-state index contributed by atoms with van der Waals surface area (Å²) in [5.74, 6) is -1.04. The van der Waals surface area contributed by atoms with Gasteiger partial charge in [0.2, 0.25) is 11.2 Å². The van der Waals surface area contributed by atoms with E-state index < -0.39 is 17.7 Å². The molecule has 4 heterocycles. The van der Waals surface area contributed by atoms with E-state index in [1.54, 1.807) is 16.7 Å². The average Bonchev–Trinajstić information content (AvgIpc) is 3.94. The molecule has 0 amide bonds. The van der Waals surface area contributed by atoms with Gasteiger partial charge in [0.05, 0.1) is 38.5 Å². The van der Waals surface area contributed by atoms with Gasteiger partial charge in [-0.15, -0.1) is 22.7 Å². The highest BCUT2D eigenvalue weighted by Gasteiger charge is 2.48. The molecule has 1 aliphatic rings. The molecule has 7 rings (SSSR count). The third-order valence-corrected chi connectivity index (χ3v) is 12.3. The predicted octanol–water partition coefficient (Wildman–Crippen LogP) is 5.81. The number of halogens is 2. The molecule has 55 heavy (non-hydrogen) atoms. The Morgan fingerprint density at radius 2 is 1.71 bits per heavy atom. The maximum absolute atomic E-state index is 13.0. The maximum Gasteiger partial charge on any atom is 0.347 e. The monoisotopic (exact) mass is 797 g/mol. The molecule has 0 radical (unpaired) electrons. The van der Waals surface area contributed by atoms with Crippen LogP contribution in [0.3, 0.4) is 0 Å². The van der Waals surface area contributed by atoms with E-state index in [0.29, 0.717) is 39.8 Å². The van der Waals surface area contributed by atoms with Gasteiger partial charge in [0.25, 0.3) is 0 Å². The number of phenolic OH excluding ortho intramolecular Hbond substituents is 1. The molecular weight excluding hydrogens is 753 g/mol. The lowest BCUT2D eigenvalue weighted by Crippen LogP contribution is -2.44. The van der Waals surface area contributed by atoms with Crippen molar-refractivity contribution in [1.82, 2.24) is 24.8 Å². The number of imidazole rings is 1. The van der Waals surface area contributed by atoms with Gasteiger partial charge in [0, 0.05) is 37.1 Å². The van der Waals surface area contributed by atoms with E-state index in [-0.39, 0.29) is 44.6 Å². The van der Waals surface area contributed by atoms with Crippen LogP contribution in [0.5, 0.6) is 5.75 Å². The van der Waals surface area contributed by atoms with Gasteiger partial charge in [0.1, 0.15) is 5.75 Å². The number of aryl methyl sites for hydroxylation is 1. The summed E-state index contributed by atoms with van der Waals surface area (Å²) in [5, 5.41) is 39.1. The van der Waals surface area contributed by atoms with Gasteiger partial charge < -0.3 is 40.2 Å². The number of carboxylic acid groups (broad SMARTS) is 1. The highest BCUT2D eigenvalue weighted by molar-refractivity contribution is 7.12. The van der Waals surface area contributed by atoms with Crippen molar-refractivity contribution in [3.8, 4) is 5.75 Å². The topological polar surface area (TPSA) is 173 Å². The van der Waals surface area contributed by atoms with E-state index in [2.05, 4.69) is 27.2 Å². The summed E-state index contributed by atoms with van der Waals surface area (Å²) < 4.78 is 8.32. The Bertz CT molecular complexity index is 2270. The highest BCUT2D eigenvalue weighted by Crippen LogP contribution is 2.42. The number of aromatic amines is 2. The Balaban J connectivity index is 0.00000290. The molecule has 0 unspecified atom stereocenters. The molecular formula is C39H45F2N5O7S2. The normalized spacial score (nSPS) is 16.6. The molecule has 294 valence electrons. The number of hydrogen-bond donors (Lipinski definition) is 6. The average molecular weight is 798 g/mol. The fourth-order valence-corrected chi connectivity index (χ4v) is 9.34. The van der Waals surface area contributed by atoms with Crippen LogP contribution >= 0.6 is 22.7 Å². The molecule has 0 saturated heterocycles. The summed E-state index contributed by atoms with van der Waals surface area (Å²) in [6, 6.07) is 19.7. The van der Waals surface area contributed by atoms with Gasteiger partial charge in [0.15, 0.2) is 0 Å². The maximum atomic E-state index is 13.0. The lowest BCUT2D eigenvalue weighted by atomic mass is 9.90. The van der Waals surface area contributed by atoms with Crippen LogP contribution in [0.2, 0.25) is 0 Å². The Kier molecular flexibility index (Phi) is 13.4. The number of fused-ring (bicyclic) bond motifs is 2. The summed E-state index contributed by atoms with van der Waals surface area (Å²) in [5.41, 5.74) is 1.43. The number of benzene rings is 2. The quantitative estimate of drug-likeness (QED) is 0.0751. The van der Waals surface area contributed by atoms with Crippen LogP contribution in [0.1, 0.15) is 59.1 Å². The molecule has 6 aromatic rings. The minimum absolute atomic E-state index is 0. The van der Waals surface area contributed by atoms with Crippen LogP contribution in [0.15, 0.2) is 87.1 Å². The molecule has 1 aliphatic carbocycles. The number of nitrogens with zero attached hydrogens (tertiary/aromatic N) is 2. The lowest BCUT2D eigenvalue weighted by Gasteiger charge is -2.38. The number of pyridine rings is 1. The van der Waals surface area contributed by atoms with Crippen LogP contribution in [0.4, 0.5) is 9.41 Å². The lowest BCUT2D eigenvalue weighted by molar-refractivity contribution is -0.170. The number of aromatic hydroxyl groups is 1. The van der Waals surface area contributed by atoms with Crippen LogP contribution in [-0.2, 0) is 28.2 Å². The summed E-state index contributed by atoms with van der Waals surface area (Å²) in [4.78, 5) is 46.8. The Morgan fingerprint density at radius 3 is 2.36 bits per heavy atom. The van der Waals surface area contributed by atoms with Gasteiger partial charge in [-0.3, -0.25) is 18.8 Å². The first-order valence-electron chi connectivity index (χ1n) is 17.8. The largest absolute Gasteiger partial charge is 0.506 e. The van der Waals surface area contributed by atoms with E-state index in [0.717, 1.165) is 55.2 Å². The van der Waals surface area contributed by atoms with Gasteiger partial charge >= 0.3 is 11.7 Å². The molecule has 0 bridgehead atoms.